The third-order valence-electron chi connectivity index (χ3n) is 6.04. The molecule has 1 aromatic heterocycles. The first-order chi connectivity index (χ1) is 15.5. The predicted molar refractivity (Wildman–Crippen MR) is 121 cm³/mol. The lowest BCUT2D eigenvalue weighted by atomic mass is 9.94. The van der Waals surface area contributed by atoms with E-state index < -0.39 is 17.7 Å². The molecule has 0 aliphatic carbocycles. The van der Waals surface area contributed by atoms with Crippen LogP contribution >= 0.6 is 0 Å². The molecular formula is C26H22N2O4. The summed E-state index contributed by atoms with van der Waals surface area (Å²) in [5.74, 6) is -0.777. The Balaban J connectivity index is 1.71. The van der Waals surface area contributed by atoms with Crippen LogP contribution < -0.4 is 9.64 Å². The Kier molecular flexibility index (Phi) is 4.78. The van der Waals surface area contributed by atoms with Crippen molar-refractivity contribution in [1.82, 2.24) is 4.98 Å². The maximum atomic E-state index is 13.3. The van der Waals surface area contributed by atoms with Crippen LogP contribution in [0.15, 0.2) is 66.5 Å². The zero-order valence-electron chi connectivity index (χ0n) is 17.8. The monoisotopic (exact) mass is 426 g/mol. The molecule has 1 atom stereocenters. The van der Waals surface area contributed by atoms with Gasteiger partial charge in [-0.05, 0) is 66.9 Å². The fraction of sp³-hybridized carbons (Fsp3) is 0.192. The molecule has 1 fully saturated rings. The van der Waals surface area contributed by atoms with Crippen molar-refractivity contribution >= 4 is 23.1 Å². The lowest BCUT2D eigenvalue weighted by molar-refractivity contribution is -0.132. The van der Waals surface area contributed by atoms with Gasteiger partial charge < -0.3 is 9.84 Å². The van der Waals surface area contributed by atoms with Gasteiger partial charge in [-0.1, -0.05) is 17.7 Å². The van der Waals surface area contributed by atoms with Crippen molar-refractivity contribution in [3.05, 3.63) is 94.3 Å². The molecule has 2 aliphatic heterocycles. The highest BCUT2D eigenvalue weighted by Crippen LogP contribution is 2.43. The summed E-state index contributed by atoms with van der Waals surface area (Å²) in [5.41, 5.74) is 4.81. The van der Waals surface area contributed by atoms with Gasteiger partial charge in [0, 0.05) is 30.1 Å². The van der Waals surface area contributed by atoms with E-state index in [1.54, 1.807) is 36.7 Å². The zero-order chi connectivity index (χ0) is 22.4. The molecule has 0 spiro atoms. The average Bonchev–Trinajstić information content (AvgIpc) is 3.36. The number of carbonyl (C=O) groups is 2. The molecule has 6 heteroatoms. The van der Waals surface area contributed by atoms with Gasteiger partial charge in [-0.25, -0.2) is 0 Å². The topological polar surface area (TPSA) is 79.7 Å². The average molecular weight is 426 g/mol. The van der Waals surface area contributed by atoms with Crippen molar-refractivity contribution in [3.63, 3.8) is 0 Å². The highest BCUT2D eigenvalue weighted by Gasteiger charge is 2.47. The minimum Gasteiger partial charge on any atom is -0.507 e. The standard InChI is InChI=1S/C26H22N2O4/c1-15-3-5-20(16(2)13-15)28-23(17-7-10-27-11-8-17)22(25(30)26(28)31)24(29)19-4-6-21-18(14-19)9-12-32-21/h3-8,10-11,13-14,23,29H,9,12H2,1-2H3/b24-22-. The number of Topliss-reactive ketones (excluding diaryl/α,β-unsaturated/α-hetero) is 1. The number of fused-ring (bicyclic) bond motifs is 1. The molecule has 3 aromatic rings. The van der Waals surface area contributed by atoms with Crippen molar-refractivity contribution < 1.29 is 19.4 Å². The molecule has 6 nitrogen and oxygen atoms in total. The lowest BCUT2D eigenvalue weighted by Crippen LogP contribution is -2.30. The summed E-state index contributed by atoms with van der Waals surface area (Å²) in [5, 5.41) is 11.3. The molecule has 3 heterocycles. The summed E-state index contributed by atoms with van der Waals surface area (Å²) in [6.07, 6.45) is 3.97. The summed E-state index contributed by atoms with van der Waals surface area (Å²) in [7, 11) is 0. The normalized spacial score (nSPS) is 19.2. The van der Waals surface area contributed by atoms with E-state index in [1.807, 2.05) is 38.1 Å². The number of aliphatic hydroxyl groups is 1. The fourth-order valence-corrected chi connectivity index (χ4v) is 4.51. The van der Waals surface area contributed by atoms with E-state index in [2.05, 4.69) is 4.98 Å². The Labute approximate surface area is 185 Å². The van der Waals surface area contributed by atoms with E-state index in [-0.39, 0.29) is 11.3 Å². The van der Waals surface area contributed by atoms with Gasteiger partial charge in [-0.2, -0.15) is 0 Å². The number of ether oxygens (including phenoxy) is 1. The minimum atomic E-state index is -0.760. The summed E-state index contributed by atoms with van der Waals surface area (Å²) in [4.78, 5) is 32.1. The molecule has 2 aromatic carbocycles. The molecule has 0 bridgehead atoms. The van der Waals surface area contributed by atoms with Gasteiger partial charge in [0.2, 0.25) is 0 Å². The number of aliphatic hydroxyl groups excluding tert-OH is 1. The van der Waals surface area contributed by atoms with E-state index in [9.17, 15) is 14.7 Å². The second kappa shape index (κ2) is 7.64. The van der Waals surface area contributed by atoms with Gasteiger partial charge in [0.05, 0.1) is 18.2 Å². The third-order valence-corrected chi connectivity index (χ3v) is 6.04. The molecule has 0 saturated carbocycles. The molecule has 1 amide bonds. The summed E-state index contributed by atoms with van der Waals surface area (Å²) in [6.45, 7) is 4.47. The number of carbonyl (C=O) groups excluding carboxylic acids is 2. The molecule has 1 N–H and O–H groups in total. The van der Waals surface area contributed by atoms with Gasteiger partial charge >= 0.3 is 0 Å². The van der Waals surface area contributed by atoms with Crippen LogP contribution in [-0.2, 0) is 16.0 Å². The van der Waals surface area contributed by atoms with Crippen LogP contribution in [-0.4, -0.2) is 28.4 Å². The molecule has 160 valence electrons. The van der Waals surface area contributed by atoms with Gasteiger partial charge in [0.25, 0.3) is 11.7 Å². The first kappa shape index (κ1) is 20.0. The second-order valence-corrected chi connectivity index (χ2v) is 8.16. The smallest absolute Gasteiger partial charge is 0.300 e. The van der Waals surface area contributed by atoms with E-state index in [0.29, 0.717) is 23.4 Å². The first-order valence-corrected chi connectivity index (χ1v) is 10.5. The molecule has 32 heavy (non-hydrogen) atoms. The third kappa shape index (κ3) is 3.15. The molecule has 5 rings (SSSR count). The van der Waals surface area contributed by atoms with Crippen molar-refractivity contribution in [3.8, 4) is 5.75 Å². The zero-order valence-corrected chi connectivity index (χ0v) is 17.8. The second-order valence-electron chi connectivity index (χ2n) is 8.16. The van der Waals surface area contributed by atoms with Crippen LogP contribution in [0.25, 0.3) is 5.76 Å². The van der Waals surface area contributed by atoms with Crippen molar-refractivity contribution in [1.29, 1.82) is 0 Å². The van der Waals surface area contributed by atoms with E-state index >= 15 is 0 Å². The Hall–Kier alpha value is -3.93. The Morgan fingerprint density at radius 2 is 1.84 bits per heavy atom. The molecule has 2 aliphatic rings. The van der Waals surface area contributed by atoms with E-state index in [0.717, 1.165) is 28.9 Å². The van der Waals surface area contributed by atoms with Crippen LogP contribution in [0.3, 0.4) is 0 Å². The highest BCUT2D eigenvalue weighted by atomic mass is 16.5. The number of amides is 1. The fourth-order valence-electron chi connectivity index (χ4n) is 4.51. The summed E-state index contributed by atoms with van der Waals surface area (Å²) in [6, 6.07) is 13.8. The highest BCUT2D eigenvalue weighted by molar-refractivity contribution is 6.51. The van der Waals surface area contributed by atoms with Gasteiger partial charge in [-0.15, -0.1) is 0 Å². The van der Waals surface area contributed by atoms with Gasteiger partial charge in [-0.3, -0.25) is 19.5 Å². The van der Waals surface area contributed by atoms with E-state index in [4.69, 9.17) is 4.74 Å². The predicted octanol–water partition coefficient (Wildman–Crippen LogP) is 4.26. The van der Waals surface area contributed by atoms with Gasteiger partial charge in [0.15, 0.2) is 0 Å². The van der Waals surface area contributed by atoms with Crippen molar-refractivity contribution in [2.45, 2.75) is 26.3 Å². The van der Waals surface area contributed by atoms with Crippen molar-refractivity contribution in [2.75, 3.05) is 11.5 Å². The summed E-state index contributed by atoms with van der Waals surface area (Å²) < 4.78 is 5.55. The maximum Gasteiger partial charge on any atom is 0.300 e. The van der Waals surface area contributed by atoms with Crippen LogP contribution in [0.1, 0.15) is 33.9 Å². The Morgan fingerprint density at radius 1 is 1.06 bits per heavy atom. The van der Waals surface area contributed by atoms with E-state index in [1.165, 1.54) is 4.90 Å². The first-order valence-electron chi connectivity index (χ1n) is 10.5. The number of hydrogen-bond acceptors (Lipinski definition) is 5. The number of benzene rings is 2. The number of hydrogen-bond donors (Lipinski definition) is 1. The molecule has 0 radical (unpaired) electrons. The summed E-state index contributed by atoms with van der Waals surface area (Å²) >= 11 is 0. The number of rotatable bonds is 3. The number of anilines is 1. The Bertz CT molecular complexity index is 1280. The molecule has 1 unspecified atom stereocenters. The number of nitrogens with zero attached hydrogens (tertiary/aromatic N) is 2. The number of aromatic nitrogens is 1. The van der Waals surface area contributed by atoms with Crippen molar-refractivity contribution in [2.24, 2.45) is 0 Å². The minimum absolute atomic E-state index is 0.0695. The van der Waals surface area contributed by atoms with Crippen LogP contribution in [0.2, 0.25) is 0 Å². The quantitative estimate of drug-likeness (QED) is 0.385. The number of aryl methyl sites for hydroxylation is 2. The number of pyridine rings is 1. The molecule has 1 saturated heterocycles. The van der Waals surface area contributed by atoms with Gasteiger partial charge in [0.1, 0.15) is 11.5 Å². The lowest BCUT2D eigenvalue weighted by Gasteiger charge is -2.27. The largest absolute Gasteiger partial charge is 0.507 e. The Morgan fingerprint density at radius 3 is 2.59 bits per heavy atom. The van der Waals surface area contributed by atoms with Crippen LogP contribution in [0.4, 0.5) is 5.69 Å². The maximum absolute atomic E-state index is 13.3. The number of ketones is 1. The van der Waals surface area contributed by atoms with Crippen LogP contribution in [0, 0.1) is 13.8 Å². The molecular weight excluding hydrogens is 404 g/mol. The SMILES string of the molecule is Cc1ccc(N2C(=O)C(=O)/C(=C(\O)c3ccc4c(c3)CCO4)C2c2ccncc2)c(C)c1. The van der Waals surface area contributed by atoms with Crippen LogP contribution in [0.5, 0.6) is 5.75 Å².